The van der Waals surface area contributed by atoms with Crippen molar-refractivity contribution in [1.29, 1.82) is 0 Å². The Kier molecular flexibility index (Phi) is 1.80. The molecular formula is C8H16O. The summed E-state index contributed by atoms with van der Waals surface area (Å²) in [4.78, 5) is 0. The van der Waals surface area contributed by atoms with Crippen molar-refractivity contribution < 1.29 is 4.74 Å². The number of rotatable bonds is 3. The van der Waals surface area contributed by atoms with Crippen molar-refractivity contribution in [2.24, 2.45) is 0 Å². The standard InChI is InChI=1S/C8H16O/c1-4-5-6-7-8(2,3)9-7/h7H,4-6H2,1-3H3/t7-/m0/s1. The van der Waals surface area contributed by atoms with Crippen molar-refractivity contribution in [2.45, 2.75) is 51.7 Å². The number of hydrogen-bond donors (Lipinski definition) is 0. The molecule has 1 fully saturated rings. The molecule has 0 radical (unpaired) electrons. The van der Waals surface area contributed by atoms with E-state index < -0.39 is 0 Å². The Morgan fingerprint density at radius 1 is 1.44 bits per heavy atom. The number of epoxide rings is 1. The van der Waals surface area contributed by atoms with Crippen LogP contribution in [0.1, 0.15) is 40.0 Å². The van der Waals surface area contributed by atoms with Gasteiger partial charge in [-0.3, -0.25) is 0 Å². The van der Waals surface area contributed by atoms with Crippen LogP contribution < -0.4 is 0 Å². The zero-order chi connectivity index (χ0) is 6.91. The highest BCUT2D eigenvalue weighted by molar-refractivity contribution is 4.94. The third-order valence-electron chi connectivity index (χ3n) is 1.98. The van der Waals surface area contributed by atoms with E-state index in [0.717, 1.165) is 0 Å². The molecule has 1 heteroatoms. The fraction of sp³-hybridized carbons (Fsp3) is 1.00. The van der Waals surface area contributed by atoms with Gasteiger partial charge in [-0.15, -0.1) is 0 Å². The molecule has 0 spiro atoms. The van der Waals surface area contributed by atoms with E-state index in [-0.39, 0.29) is 5.60 Å². The predicted octanol–water partition coefficient (Wildman–Crippen LogP) is 2.35. The molecule has 1 atom stereocenters. The average molecular weight is 128 g/mol. The maximum absolute atomic E-state index is 5.41. The highest BCUT2D eigenvalue weighted by Gasteiger charge is 2.46. The summed E-state index contributed by atoms with van der Waals surface area (Å²) in [7, 11) is 0. The largest absolute Gasteiger partial charge is 0.367 e. The van der Waals surface area contributed by atoms with Gasteiger partial charge in [0, 0.05) is 0 Å². The van der Waals surface area contributed by atoms with Crippen LogP contribution >= 0.6 is 0 Å². The summed E-state index contributed by atoms with van der Waals surface area (Å²) < 4.78 is 5.41. The molecule has 0 aromatic carbocycles. The van der Waals surface area contributed by atoms with Gasteiger partial charge in [0.2, 0.25) is 0 Å². The van der Waals surface area contributed by atoms with Gasteiger partial charge in [-0.1, -0.05) is 19.8 Å². The second-order valence-electron chi connectivity index (χ2n) is 3.35. The molecule has 0 unspecified atom stereocenters. The fourth-order valence-electron chi connectivity index (χ4n) is 1.13. The normalized spacial score (nSPS) is 30.3. The van der Waals surface area contributed by atoms with Crippen molar-refractivity contribution >= 4 is 0 Å². The van der Waals surface area contributed by atoms with Gasteiger partial charge in [-0.25, -0.2) is 0 Å². The van der Waals surface area contributed by atoms with E-state index in [0.29, 0.717) is 6.10 Å². The molecule has 1 aliphatic heterocycles. The van der Waals surface area contributed by atoms with Gasteiger partial charge in [-0.2, -0.15) is 0 Å². The first kappa shape index (κ1) is 7.07. The summed E-state index contributed by atoms with van der Waals surface area (Å²) in [5.74, 6) is 0. The summed E-state index contributed by atoms with van der Waals surface area (Å²) in [6, 6.07) is 0. The van der Waals surface area contributed by atoms with Gasteiger partial charge in [0.05, 0.1) is 11.7 Å². The molecule has 1 aliphatic rings. The zero-order valence-electron chi connectivity index (χ0n) is 6.61. The maximum atomic E-state index is 5.41. The summed E-state index contributed by atoms with van der Waals surface area (Å²) >= 11 is 0. The van der Waals surface area contributed by atoms with Crippen LogP contribution in [-0.4, -0.2) is 11.7 Å². The van der Waals surface area contributed by atoms with Crippen LogP contribution in [0, 0.1) is 0 Å². The highest BCUT2D eigenvalue weighted by atomic mass is 16.6. The van der Waals surface area contributed by atoms with E-state index in [1.807, 2.05) is 0 Å². The lowest BCUT2D eigenvalue weighted by molar-refractivity contribution is 0.318. The zero-order valence-corrected chi connectivity index (χ0v) is 6.61. The van der Waals surface area contributed by atoms with E-state index >= 15 is 0 Å². The van der Waals surface area contributed by atoms with E-state index in [1.54, 1.807) is 0 Å². The quantitative estimate of drug-likeness (QED) is 0.531. The summed E-state index contributed by atoms with van der Waals surface area (Å²) in [6.45, 7) is 6.54. The van der Waals surface area contributed by atoms with Crippen molar-refractivity contribution in [1.82, 2.24) is 0 Å². The van der Waals surface area contributed by atoms with Crippen LogP contribution in [-0.2, 0) is 4.74 Å². The Labute approximate surface area is 57.4 Å². The molecule has 0 aliphatic carbocycles. The Hall–Kier alpha value is -0.0400. The van der Waals surface area contributed by atoms with E-state index in [1.165, 1.54) is 19.3 Å². The number of ether oxygens (including phenoxy) is 1. The number of unbranched alkanes of at least 4 members (excludes halogenated alkanes) is 1. The van der Waals surface area contributed by atoms with Crippen molar-refractivity contribution in [2.75, 3.05) is 0 Å². The third-order valence-corrected chi connectivity index (χ3v) is 1.98. The van der Waals surface area contributed by atoms with Gasteiger partial charge >= 0.3 is 0 Å². The van der Waals surface area contributed by atoms with Crippen LogP contribution in [0.25, 0.3) is 0 Å². The van der Waals surface area contributed by atoms with Gasteiger partial charge in [0.25, 0.3) is 0 Å². The Morgan fingerprint density at radius 2 is 2.00 bits per heavy atom. The molecule has 1 heterocycles. The Bertz CT molecular complexity index is 96.7. The van der Waals surface area contributed by atoms with Crippen LogP contribution in [0.3, 0.4) is 0 Å². The molecule has 0 amide bonds. The van der Waals surface area contributed by atoms with Crippen LogP contribution in [0.4, 0.5) is 0 Å². The molecule has 54 valence electrons. The molecule has 0 aromatic rings. The summed E-state index contributed by atoms with van der Waals surface area (Å²) in [6.07, 6.45) is 4.42. The first-order valence-corrected chi connectivity index (χ1v) is 3.84. The van der Waals surface area contributed by atoms with Crippen molar-refractivity contribution in [3.8, 4) is 0 Å². The topological polar surface area (TPSA) is 12.5 Å². The Morgan fingerprint density at radius 3 is 2.33 bits per heavy atom. The van der Waals surface area contributed by atoms with Crippen molar-refractivity contribution in [3.05, 3.63) is 0 Å². The molecule has 1 nitrogen and oxygen atoms in total. The predicted molar refractivity (Wildman–Crippen MR) is 38.5 cm³/mol. The first-order valence-electron chi connectivity index (χ1n) is 3.84. The van der Waals surface area contributed by atoms with Gasteiger partial charge in [-0.05, 0) is 20.3 Å². The third kappa shape index (κ3) is 1.68. The van der Waals surface area contributed by atoms with Crippen LogP contribution in [0.2, 0.25) is 0 Å². The van der Waals surface area contributed by atoms with Crippen LogP contribution in [0.5, 0.6) is 0 Å². The van der Waals surface area contributed by atoms with Gasteiger partial charge < -0.3 is 4.74 Å². The monoisotopic (exact) mass is 128 g/mol. The highest BCUT2D eigenvalue weighted by Crippen LogP contribution is 2.38. The Balaban J connectivity index is 2.06. The molecule has 0 N–H and O–H groups in total. The SMILES string of the molecule is CCCC[C@@H]1OC1(C)C. The summed E-state index contributed by atoms with van der Waals surface area (Å²) in [5, 5.41) is 0. The minimum Gasteiger partial charge on any atom is -0.367 e. The molecule has 0 aromatic heterocycles. The second kappa shape index (κ2) is 2.30. The van der Waals surface area contributed by atoms with Crippen molar-refractivity contribution in [3.63, 3.8) is 0 Å². The summed E-state index contributed by atoms with van der Waals surface area (Å²) in [5.41, 5.74) is 0.217. The molecule has 1 rings (SSSR count). The lowest BCUT2D eigenvalue weighted by atomic mass is 10.1. The molecule has 0 saturated carbocycles. The second-order valence-corrected chi connectivity index (χ2v) is 3.35. The lowest BCUT2D eigenvalue weighted by Crippen LogP contribution is -2.01. The minimum absolute atomic E-state index is 0.217. The minimum atomic E-state index is 0.217. The first-order chi connectivity index (χ1) is 4.17. The van der Waals surface area contributed by atoms with Gasteiger partial charge in [0.1, 0.15) is 0 Å². The maximum Gasteiger partial charge on any atom is 0.0892 e. The van der Waals surface area contributed by atoms with E-state index in [4.69, 9.17) is 4.74 Å². The number of hydrogen-bond acceptors (Lipinski definition) is 1. The molecule has 0 bridgehead atoms. The smallest absolute Gasteiger partial charge is 0.0892 e. The van der Waals surface area contributed by atoms with Gasteiger partial charge in [0.15, 0.2) is 0 Å². The molecular weight excluding hydrogens is 112 g/mol. The molecule has 1 saturated heterocycles. The van der Waals surface area contributed by atoms with E-state index in [2.05, 4.69) is 20.8 Å². The molecule has 9 heavy (non-hydrogen) atoms. The fourth-order valence-corrected chi connectivity index (χ4v) is 1.13. The van der Waals surface area contributed by atoms with Crippen LogP contribution in [0.15, 0.2) is 0 Å². The average Bonchev–Trinajstić information content (AvgIpc) is 2.35. The lowest BCUT2D eigenvalue weighted by Gasteiger charge is -1.93. The van der Waals surface area contributed by atoms with E-state index in [9.17, 15) is 0 Å².